The number of nitrogens with one attached hydrogen (secondary N) is 4. The number of nitrogens with zero attached hydrogens (tertiary/aromatic N) is 3. The van der Waals surface area contributed by atoms with E-state index in [2.05, 4.69) is 36.4 Å². The second-order valence-electron chi connectivity index (χ2n) is 6.38. The normalized spacial score (nSPS) is 10.2. The van der Waals surface area contributed by atoms with Gasteiger partial charge in [0, 0.05) is 19.3 Å². The molecule has 9 heteroatoms. The number of benzene rings is 1. The molecule has 0 bridgehead atoms. The molecule has 9 nitrogen and oxygen atoms in total. The number of aryl methyl sites for hydroxylation is 1. The summed E-state index contributed by atoms with van der Waals surface area (Å²) >= 11 is 0. The van der Waals surface area contributed by atoms with Gasteiger partial charge in [0.2, 0.25) is 0 Å². The summed E-state index contributed by atoms with van der Waals surface area (Å²) in [6.45, 7) is 5.34. The van der Waals surface area contributed by atoms with Crippen molar-refractivity contribution < 1.29 is 9.53 Å². The Bertz CT molecular complexity index is 964. The first-order valence-corrected chi connectivity index (χ1v) is 9.68. The Morgan fingerprint density at radius 1 is 1.00 bits per heavy atom. The molecule has 3 aromatic rings. The fourth-order valence-corrected chi connectivity index (χ4v) is 2.61. The van der Waals surface area contributed by atoms with E-state index in [4.69, 9.17) is 4.74 Å². The molecule has 0 saturated carbocycles. The molecule has 2 heterocycles. The lowest BCUT2D eigenvalue weighted by Gasteiger charge is -2.12. The van der Waals surface area contributed by atoms with Crippen LogP contribution in [-0.4, -0.2) is 40.9 Å². The molecule has 0 radical (unpaired) electrons. The molecule has 2 amide bonds. The van der Waals surface area contributed by atoms with Gasteiger partial charge in [0.1, 0.15) is 17.4 Å². The van der Waals surface area contributed by atoms with Crippen molar-refractivity contribution in [2.75, 3.05) is 35.6 Å². The molecule has 0 saturated heterocycles. The molecule has 0 aliphatic rings. The van der Waals surface area contributed by atoms with Crippen molar-refractivity contribution in [1.29, 1.82) is 0 Å². The van der Waals surface area contributed by atoms with Crippen LogP contribution in [0.4, 0.5) is 27.9 Å². The van der Waals surface area contributed by atoms with E-state index in [9.17, 15) is 4.79 Å². The van der Waals surface area contributed by atoms with Gasteiger partial charge in [-0.25, -0.2) is 9.78 Å². The monoisotopic (exact) mass is 407 g/mol. The van der Waals surface area contributed by atoms with Crippen molar-refractivity contribution in [1.82, 2.24) is 20.5 Å². The standard InChI is InChI=1S/C21H25N7O2/c1-3-30-17-7-5-4-6-16(17)25-21(29)24-13-12-23-18-8-9-19(28-27-18)26-20-14-15(2)10-11-22-20/h4-11,14H,3,12-13H2,1-2H3,(H,23,27)(H,22,26,28)(H2,24,25,29). The fourth-order valence-electron chi connectivity index (χ4n) is 2.61. The molecule has 156 valence electrons. The number of anilines is 4. The zero-order valence-electron chi connectivity index (χ0n) is 17.0. The van der Waals surface area contributed by atoms with Gasteiger partial charge in [0.15, 0.2) is 5.82 Å². The lowest BCUT2D eigenvalue weighted by atomic mass is 10.3. The smallest absolute Gasteiger partial charge is 0.319 e. The van der Waals surface area contributed by atoms with Gasteiger partial charge >= 0.3 is 6.03 Å². The van der Waals surface area contributed by atoms with Gasteiger partial charge in [-0.1, -0.05) is 12.1 Å². The first kappa shape index (κ1) is 20.8. The Labute approximate surface area is 175 Å². The zero-order valence-corrected chi connectivity index (χ0v) is 17.0. The summed E-state index contributed by atoms with van der Waals surface area (Å²) in [6.07, 6.45) is 1.74. The molecule has 2 aromatic heterocycles. The first-order chi connectivity index (χ1) is 14.6. The highest BCUT2D eigenvalue weighted by Crippen LogP contribution is 2.23. The van der Waals surface area contributed by atoms with Crippen molar-refractivity contribution in [2.24, 2.45) is 0 Å². The number of hydrogen-bond acceptors (Lipinski definition) is 7. The molecule has 0 aliphatic heterocycles. The third-order valence-corrected chi connectivity index (χ3v) is 3.99. The molecule has 1 aromatic carbocycles. The minimum absolute atomic E-state index is 0.305. The number of amides is 2. The third kappa shape index (κ3) is 6.33. The van der Waals surface area contributed by atoms with Crippen LogP contribution in [0.25, 0.3) is 0 Å². The first-order valence-electron chi connectivity index (χ1n) is 9.68. The number of urea groups is 1. The van der Waals surface area contributed by atoms with Crippen molar-refractivity contribution in [3.8, 4) is 5.75 Å². The average Bonchev–Trinajstić information content (AvgIpc) is 2.74. The van der Waals surface area contributed by atoms with Gasteiger partial charge in [0.25, 0.3) is 0 Å². The predicted octanol–water partition coefficient (Wildman–Crippen LogP) is 3.56. The molecular formula is C21H25N7O2. The van der Waals surface area contributed by atoms with E-state index in [0.717, 1.165) is 5.56 Å². The van der Waals surface area contributed by atoms with Crippen molar-refractivity contribution in [3.63, 3.8) is 0 Å². The SMILES string of the molecule is CCOc1ccccc1NC(=O)NCCNc1ccc(Nc2cc(C)ccn2)nn1. The number of aromatic nitrogens is 3. The maximum absolute atomic E-state index is 12.1. The topological polar surface area (TPSA) is 113 Å². The van der Waals surface area contributed by atoms with E-state index in [1.165, 1.54) is 0 Å². The van der Waals surface area contributed by atoms with Gasteiger partial charge < -0.3 is 26.0 Å². The van der Waals surface area contributed by atoms with E-state index in [1.54, 1.807) is 12.3 Å². The predicted molar refractivity (Wildman–Crippen MR) is 117 cm³/mol. The summed E-state index contributed by atoms with van der Waals surface area (Å²) in [5, 5.41) is 20.0. The number of carbonyl (C=O) groups excluding carboxylic acids is 1. The molecule has 3 rings (SSSR count). The summed E-state index contributed by atoms with van der Waals surface area (Å²) in [4.78, 5) is 16.3. The molecule has 4 N–H and O–H groups in total. The molecule has 0 unspecified atom stereocenters. The van der Waals surface area contributed by atoms with Crippen LogP contribution < -0.4 is 26.0 Å². The summed E-state index contributed by atoms with van der Waals surface area (Å²) in [7, 11) is 0. The quantitative estimate of drug-likeness (QED) is 0.401. The highest BCUT2D eigenvalue weighted by atomic mass is 16.5. The summed E-state index contributed by atoms with van der Waals surface area (Å²) in [5.74, 6) is 2.56. The van der Waals surface area contributed by atoms with Crippen LogP contribution in [0.5, 0.6) is 5.75 Å². The second kappa shape index (κ2) is 10.6. The number of pyridine rings is 1. The van der Waals surface area contributed by atoms with E-state index < -0.39 is 0 Å². The lowest BCUT2D eigenvalue weighted by molar-refractivity contribution is 0.252. The number of ether oxygens (including phenoxy) is 1. The fraction of sp³-hybridized carbons (Fsp3) is 0.238. The van der Waals surface area contributed by atoms with Crippen LogP contribution in [0.15, 0.2) is 54.7 Å². The minimum atomic E-state index is -0.305. The molecular weight excluding hydrogens is 382 g/mol. The number of rotatable bonds is 9. The summed E-state index contributed by atoms with van der Waals surface area (Å²) in [5.41, 5.74) is 1.73. The molecule has 0 aliphatic carbocycles. The van der Waals surface area contributed by atoms with E-state index >= 15 is 0 Å². The molecule has 0 fully saturated rings. The third-order valence-electron chi connectivity index (χ3n) is 3.99. The second-order valence-corrected chi connectivity index (χ2v) is 6.38. The van der Waals surface area contributed by atoms with Crippen molar-refractivity contribution in [3.05, 3.63) is 60.3 Å². The maximum atomic E-state index is 12.1. The molecule has 0 spiro atoms. The maximum Gasteiger partial charge on any atom is 0.319 e. The van der Waals surface area contributed by atoms with Gasteiger partial charge in [-0.05, 0) is 55.8 Å². The number of hydrogen-bond donors (Lipinski definition) is 4. The van der Waals surface area contributed by atoms with Gasteiger partial charge in [-0.3, -0.25) is 0 Å². The number of para-hydroxylation sites is 2. The Morgan fingerprint density at radius 3 is 2.57 bits per heavy atom. The Kier molecular flexibility index (Phi) is 7.37. The van der Waals surface area contributed by atoms with Gasteiger partial charge in [-0.2, -0.15) is 0 Å². The van der Waals surface area contributed by atoms with Crippen LogP contribution in [-0.2, 0) is 0 Å². The highest BCUT2D eigenvalue weighted by Gasteiger charge is 2.06. The van der Waals surface area contributed by atoms with Crippen LogP contribution in [0.2, 0.25) is 0 Å². The van der Waals surface area contributed by atoms with Crippen LogP contribution >= 0.6 is 0 Å². The average molecular weight is 407 g/mol. The largest absolute Gasteiger partial charge is 0.492 e. The van der Waals surface area contributed by atoms with E-state index in [-0.39, 0.29) is 6.03 Å². The van der Waals surface area contributed by atoms with Gasteiger partial charge in [0.05, 0.1) is 12.3 Å². The van der Waals surface area contributed by atoms with Crippen LogP contribution in [0.1, 0.15) is 12.5 Å². The summed E-state index contributed by atoms with van der Waals surface area (Å²) in [6, 6.07) is 14.5. The highest BCUT2D eigenvalue weighted by molar-refractivity contribution is 5.90. The Morgan fingerprint density at radius 2 is 1.80 bits per heavy atom. The Hall–Kier alpha value is -3.88. The minimum Gasteiger partial charge on any atom is -0.492 e. The van der Waals surface area contributed by atoms with Crippen molar-refractivity contribution >= 4 is 29.2 Å². The number of carbonyl (C=O) groups is 1. The van der Waals surface area contributed by atoms with Crippen molar-refractivity contribution in [2.45, 2.75) is 13.8 Å². The van der Waals surface area contributed by atoms with Crippen LogP contribution in [0, 0.1) is 6.92 Å². The lowest BCUT2D eigenvalue weighted by Crippen LogP contribution is -2.32. The van der Waals surface area contributed by atoms with Crippen LogP contribution in [0.3, 0.4) is 0 Å². The molecule has 0 atom stereocenters. The zero-order chi connectivity index (χ0) is 21.2. The summed E-state index contributed by atoms with van der Waals surface area (Å²) < 4.78 is 5.50. The van der Waals surface area contributed by atoms with Gasteiger partial charge in [-0.15, -0.1) is 10.2 Å². The Balaban J connectivity index is 1.40. The van der Waals surface area contributed by atoms with E-state index in [0.29, 0.717) is 48.6 Å². The van der Waals surface area contributed by atoms with E-state index in [1.807, 2.05) is 56.3 Å². The molecule has 30 heavy (non-hydrogen) atoms.